The Labute approximate surface area is 164 Å². The first-order chi connectivity index (χ1) is 13.7. The van der Waals surface area contributed by atoms with E-state index in [9.17, 15) is 10.1 Å². The Morgan fingerprint density at radius 1 is 0.964 bits per heavy atom. The van der Waals surface area contributed by atoms with Crippen molar-refractivity contribution in [2.75, 3.05) is 20.2 Å². The summed E-state index contributed by atoms with van der Waals surface area (Å²) in [6, 6.07) is 26.4. The van der Waals surface area contributed by atoms with Crippen molar-refractivity contribution in [3.63, 3.8) is 0 Å². The van der Waals surface area contributed by atoms with Crippen molar-refractivity contribution >= 4 is 5.69 Å². The number of likely N-dealkylation sites (tertiary alicyclic amines) is 1. The number of nitrogens with zero attached hydrogens (tertiary/aromatic N) is 2. The second-order valence-electron chi connectivity index (χ2n) is 7.06. The number of hydrogen-bond acceptors (Lipinski definition) is 4. The first-order valence-corrected chi connectivity index (χ1v) is 9.33. The van der Waals surface area contributed by atoms with Gasteiger partial charge in [-0.25, -0.2) is 0 Å². The number of methoxy groups -OCH3 is 1. The lowest BCUT2D eigenvalue weighted by Crippen LogP contribution is -2.47. The summed E-state index contributed by atoms with van der Waals surface area (Å²) in [5, 5.41) is 11.1. The van der Waals surface area contributed by atoms with Crippen molar-refractivity contribution < 1.29 is 9.66 Å². The molecule has 1 saturated heterocycles. The fraction of sp³-hybridized carbons (Fsp3) is 0.217. The summed E-state index contributed by atoms with van der Waals surface area (Å²) in [4.78, 5) is 13.2. The van der Waals surface area contributed by atoms with E-state index >= 15 is 0 Å². The molecule has 0 bridgehead atoms. The quantitative estimate of drug-likeness (QED) is 0.460. The van der Waals surface area contributed by atoms with E-state index in [0.717, 1.165) is 18.7 Å². The molecule has 0 saturated carbocycles. The van der Waals surface area contributed by atoms with E-state index in [1.165, 1.54) is 18.2 Å². The van der Waals surface area contributed by atoms with Crippen LogP contribution in [0, 0.1) is 10.1 Å². The van der Waals surface area contributed by atoms with E-state index in [0.29, 0.717) is 11.7 Å². The van der Waals surface area contributed by atoms with Crippen molar-refractivity contribution in [3.05, 3.63) is 106 Å². The fourth-order valence-electron chi connectivity index (χ4n) is 3.92. The van der Waals surface area contributed by atoms with E-state index in [1.54, 1.807) is 12.1 Å². The second kappa shape index (κ2) is 7.82. The molecular weight excluding hydrogens is 352 g/mol. The van der Waals surface area contributed by atoms with Gasteiger partial charge in [0.25, 0.3) is 0 Å². The van der Waals surface area contributed by atoms with Gasteiger partial charge in [-0.2, -0.15) is 0 Å². The molecule has 1 heterocycles. The third-order valence-corrected chi connectivity index (χ3v) is 5.38. The van der Waals surface area contributed by atoms with Crippen LogP contribution in [0.4, 0.5) is 5.69 Å². The average Bonchev–Trinajstić information content (AvgIpc) is 2.71. The van der Waals surface area contributed by atoms with Crippen LogP contribution in [-0.4, -0.2) is 30.0 Å². The van der Waals surface area contributed by atoms with E-state index in [-0.39, 0.29) is 11.7 Å². The maximum absolute atomic E-state index is 11.1. The number of nitro groups is 1. The standard InChI is InChI=1S/C23H22N2O3/c1-28-22-14-19(12-13-21(22)25(26)27)20-15-24(16-20)23(17-8-4-2-5-9-17)18-10-6-3-7-11-18/h2-14,20,23H,15-16H2,1H3. The fourth-order valence-corrected chi connectivity index (χ4v) is 3.92. The molecule has 0 unspecified atom stereocenters. The van der Waals surface area contributed by atoms with Crippen molar-refractivity contribution in [2.24, 2.45) is 0 Å². The molecule has 4 rings (SSSR count). The maximum atomic E-state index is 11.1. The van der Waals surface area contributed by atoms with Crippen LogP contribution in [0.3, 0.4) is 0 Å². The Balaban J connectivity index is 1.56. The van der Waals surface area contributed by atoms with Crippen LogP contribution in [-0.2, 0) is 0 Å². The van der Waals surface area contributed by atoms with Gasteiger partial charge in [0.05, 0.1) is 18.1 Å². The Morgan fingerprint density at radius 3 is 2.04 bits per heavy atom. The molecule has 0 amide bonds. The molecular formula is C23H22N2O3. The molecule has 28 heavy (non-hydrogen) atoms. The summed E-state index contributed by atoms with van der Waals surface area (Å²) in [7, 11) is 1.47. The summed E-state index contributed by atoms with van der Waals surface area (Å²) < 4.78 is 5.22. The lowest BCUT2D eigenvalue weighted by Gasteiger charge is -2.45. The largest absolute Gasteiger partial charge is 0.490 e. The van der Waals surface area contributed by atoms with Gasteiger partial charge in [-0.1, -0.05) is 66.7 Å². The minimum atomic E-state index is -0.406. The van der Waals surface area contributed by atoms with Gasteiger partial charge in [-0.15, -0.1) is 0 Å². The monoisotopic (exact) mass is 374 g/mol. The van der Waals surface area contributed by atoms with Crippen LogP contribution in [0.2, 0.25) is 0 Å². The number of ether oxygens (including phenoxy) is 1. The van der Waals surface area contributed by atoms with Gasteiger partial charge in [0.2, 0.25) is 0 Å². The minimum Gasteiger partial charge on any atom is -0.490 e. The number of rotatable bonds is 6. The van der Waals surface area contributed by atoms with E-state index in [4.69, 9.17) is 4.74 Å². The third-order valence-electron chi connectivity index (χ3n) is 5.38. The lowest BCUT2D eigenvalue weighted by atomic mass is 9.86. The van der Waals surface area contributed by atoms with Gasteiger partial charge in [-0.3, -0.25) is 15.0 Å². The number of nitro benzene ring substituents is 1. The molecule has 0 N–H and O–H groups in total. The SMILES string of the molecule is COc1cc(C2CN(C(c3ccccc3)c3ccccc3)C2)ccc1[N+](=O)[O-]. The molecule has 0 radical (unpaired) electrons. The van der Waals surface area contributed by atoms with Gasteiger partial charge >= 0.3 is 5.69 Å². The van der Waals surface area contributed by atoms with Crippen LogP contribution in [0.15, 0.2) is 78.9 Å². The van der Waals surface area contributed by atoms with Crippen LogP contribution >= 0.6 is 0 Å². The van der Waals surface area contributed by atoms with Gasteiger partial charge in [0.15, 0.2) is 5.75 Å². The molecule has 1 aliphatic rings. The van der Waals surface area contributed by atoms with Crippen LogP contribution in [0.1, 0.15) is 28.7 Å². The summed E-state index contributed by atoms with van der Waals surface area (Å²) in [5.74, 6) is 0.660. The normalized spacial score (nSPS) is 14.6. The Kier molecular flexibility index (Phi) is 5.08. The molecule has 1 fully saturated rings. The first kappa shape index (κ1) is 18.2. The molecule has 142 valence electrons. The molecule has 0 spiro atoms. The second-order valence-corrected chi connectivity index (χ2v) is 7.06. The molecule has 1 aliphatic heterocycles. The van der Waals surface area contributed by atoms with Crippen molar-refractivity contribution in [1.29, 1.82) is 0 Å². The predicted octanol–water partition coefficient (Wildman–Crippen LogP) is 4.79. The molecule has 5 nitrogen and oxygen atoms in total. The molecule has 5 heteroatoms. The zero-order valence-corrected chi connectivity index (χ0v) is 15.7. The average molecular weight is 374 g/mol. The van der Waals surface area contributed by atoms with E-state index in [2.05, 4.69) is 53.4 Å². The highest BCUT2D eigenvalue weighted by atomic mass is 16.6. The maximum Gasteiger partial charge on any atom is 0.310 e. The number of hydrogen-bond donors (Lipinski definition) is 0. The smallest absolute Gasteiger partial charge is 0.310 e. The molecule has 3 aromatic carbocycles. The van der Waals surface area contributed by atoms with Crippen molar-refractivity contribution in [2.45, 2.75) is 12.0 Å². The Morgan fingerprint density at radius 2 is 1.54 bits per heavy atom. The highest BCUT2D eigenvalue weighted by Crippen LogP contribution is 2.40. The third kappa shape index (κ3) is 3.49. The van der Waals surface area contributed by atoms with Gasteiger partial charge in [0.1, 0.15) is 0 Å². The van der Waals surface area contributed by atoms with Gasteiger partial charge in [-0.05, 0) is 22.8 Å². The first-order valence-electron chi connectivity index (χ1n) is 9.33. The summed E-state index contributed by atoms with van der Waals surface area (Å²) in [6.07, 6.45) is 0. The van der Waals surface area contributed by atoms with Crippen molar-refractivity contribution in [1.82, 2.24) is 4.90 Å². The van der Waals surface area contributed by atoms with Crippen LogP contribution in [0.5, 0.6) is 5.75 Å². The molecule has 3 aromatic rings. The minimum absolute atomic E-state index is 0.00822. The Bertz CT molecular complexity index is 915. The predicted molar refractivity (Wildman–Crippen MR) is 109 cm³/mol. The van der Waals surface area contributed by atoms with E-state index < -0.39 is 4.92 Å². The Hall–Kier alpha value is -3.18. The van der Waals surface area contributed by atoms with Crippen molar-refractivity contribution in [3.8, 4) is 5.75 Å². The topological polar surface area (TPSA) is 55.6 Å². The molecule has 0 aromatic heterocycles. The lowest BCUT2D eigenvalue weighted by molar-refractivity contribution is -0.385. The van der Waals surface area contributed by atoms with Gasteiger partial charge in [0, 0.05) is 25.1 Å². The highest BCUT2D eigenvalue weighted by molar-refractivity contribution is 5.49. The highest BCUT2D eigenvalue weighted by Gasteiger charge is 2.35. The zero-order chi connectivity index (χ0) is 19.5. The summed E-state index contributed by atoms with van der Waals surface area (Å²) >= 11 is 0. The van der Waals surface area contributed by atoms with Crippen LogP contribution < -0.4 is 4.74 Å². The molecule has 0 atom stereocenters. The summed E-state index contributed by atoms with van der Waals surface area (Å²) in [5.41, 5.74) is 3.63. The zero-order valence-electron chi connectivity index (χ0n) is 15.7. The van der Waals surface area contributed by atoms with E-state index in [1.807, 2.05) is 18.2 Å². The number of benzene rings is 3. The molecule has 0 aliphatic carbocycles. The summed E-state index contributed by atoms with van der Waals surface area (Å²) in [6.45, 7) is 1.80. The van der Waals surface area contributed by atoms with Crippen LogP contribution in [0.25, 0.3) is 0 Å². The van der Waals surface area contributed by atoms with Gasteiger partial charge < -0.3 is 4.74 Å².